The lowest BCUT2D eigenvalue weighted by Crippen LogP contribution is -2.50. The number of rotatable bonds is 7. The van der Waals surface area contributed by atoms with Crippen LogP contribution in [0.5, 0.6) is 5.19 Å². The van der Waals surface area contributed by atoms with E-state index in [2.05, 4.69) is 34.5 Å². The molecule has 5 heterocycles. The van der Waals surface area contributed by atoms with Crippen molar-refractivity contribution in [3.8, 4) is 16.5 Å². The first-order valence-corrected chi connectivity index (χ1v) is 11.9. The van der Waals surface area contributed by atoms with E-state index in [1.807, 2.05) is 12.1 Å². The normalized spacial score (nSPS) is 21.0. The average Bonchev–Trinajstić information content (AvgIpc) is 3.49. The summed E-state index contributed by atoms with van der Waals surface area (Å²) in [5.41, 5.74) is 2.30. The van der Waals surface area contributed by atoms with Gasteiger partial charge in [0.15, 0.2) is 18.2 Å². The summed E-state index contributed by atoms with van der Waals surface area (Å²) in [6.07, 6.45) is 6.42. The molecule has 4 aromatic heterocycles. The highest BCUT2D eigenvalue weighted by molar-refractivity contribution is 7.19. The molecule has 1 aliphatic heterocycles. The van der Waals surface area contributed by atoms with Gasteiger partial charge in [0, 0.05) is 28.4 Å². The number of hydrogen-bond acceptors (Lipinski definition) is 9. The molecular formula is C23H26N6O3S. The van der Waals surface area contributed by atoms with Gasteiger partial charge in [-0.1, -0.05) is 25.2 Å². The van der Waals surface area contributed by atoms with E-state index in [9.17, 15) is 5.21 Å². The minimum atomic E-state index is -0.170. The molecule has 5 rings (SSSR count). The first-order chi connectivity index (χ1) is 16.0. The smallest absolute Gasteiger partial charge is 0.275 e. The molecule has 0 amide bonds. The molecule has 1 N–H and O–H groups in total. The molecule has 4 aromatic rings. The predicted molar refractivity (Wildman–Crippen MR) is 124 cm³/mol. The largest absolute Gasteiger partial charge is 0.619 e. The summed E-state index contributed by atoms with van der Waals surface area (Å²) in [7, 11) is 0. The van der Waals surface area contributed by atoms with Crippen LogP contribution in [0.15, 0.2) is 47.4 Å². The van der Waals surface area contributed by atoms with Crippen molar-refractivity contribution in [1.29, 1.82) is 0 Å². The second-order valence-corrected chi connectivity index (χ2v) is 9.73. The number of thiazole rings is 1. The van der Waals surface area contributed by atoms with Crippen molar-refractivity contribution < 1.29 is 14.0 Å². The zero-order chi connectivity index (χ0) is 22.8. The molecule has 2 unspecified atom stereocenters. The number of aromatic nitrogens is 5. The maximum atomic E-state index is 11.3. The fraction of sp³-hybridized carbons (Fsp3) is 0.435. The SMILES string of the molecule is CC(C)C1CNCCC1(CCOc1nc2ccc(-c3cc[n+]([O-])cc3)nc2s1)c1cnno1. The molecule has 1 saturated heterocycles. The first-order valence-electron chi connectivity index (χ1n) is 11.1. The molecule has 0 bridgehead atoms. The third kappa shape index (κ3) is 4.28. The molecule has 0 aromatic carbocycles. The Bertz CT molecular complexity index is 1210. The van der Waals surface area contributed by atoms with Gasteiger partial charge in [0.25, 0.3) is 5.19 Å². The molecule has 33 heavy (non-hydrogen) atoms. The van der Waals surface area contributed by atoms with Gasteiger partial charge in [0.05, 0.1) is 18.5 Å². The summed E-state index contributed by atoms with van der Waals surface area (Å²) in [5, 5.41) is 23.1. The van der Waals surface area contributed by atoms with E-state index in [0.717, 1.165) is 58.0 Å². The van der Waals surface area contributed by atoms with Gasteiger partial charge in [-0.2, -0.15) is 4.73 Å². The number of piperidine rings is 1. The van der Waals surface area contributed by atoms with Crippen LogP contribution in [0.1, 0.15) is 32.4 Å². The quantitative estimate of drug-likeness (QED) is 0.326. The van der Waals surface area contributed by atoms with Crippen LogP contribution in [0.2, 0.25) is 0 Å². The number of ether oxygens (including phenoxy) is 1. The van der Waals surface area contributed by atoms with Gasteiger partial charge in [0.1, 0.15) is 10.3 Å². The second kappa shape index (κ2) is 9.03. The van der Waals surface area contributed by atoms with Crippen molar-refractivity contribution in [2.75, 3.05) is 19.7 Å². The molecule has 0 radical (unpaired) electrons. The van der Waals surface area contributed by atoms with Crippen molar-refractivity contribution >= 4 is 21.7 Å². The van der Waals surface area contributed by atoms with E-state index < -0.39 is 0 Å². The molecule has 9 nitrogen and oxygen atoms in total. The monoisotopic (exact) mass is 466 g/mol. The Morgan fingerprint density at radius 2 is 2.12 bits per heavy atom. The Hall–Kier alpha value is -3.11. The van der Waals surface area contributed by atoms with Gasteiger partial charge in [-0.05, 0) is 49.9 Å². The van der Waals surface area contributed by atoms with E-state index in [0.29, 0.717) is 23.6 Å². The average molecular weight is 467 g/mol. The lowest BCUT2D eigenvalue weighted by molar-refractivity contribution is -0.605. The van der Waals surface area contributed by atoms with Gasteiger partial charge in [0.2, 0.25) is 0 Å². The van der Waals surface area contributed by atoms with Crippen molar-refractivity contribution in [3.63, 3.8) is 0 Å². The van der Waals surface area contributed by atoms with Gasteiger partial charge in [-0.25, -0.2) is 9.97 Å². The molecule has 0 aliphatic carbocycles. The van der Waals surface area contributed by atoms with Gasteiger partial charge in [-0.3, -0.25) is 0 Å². The summed E-state index contributed by atoms with van der Waals surface area (Å²) in [6, 6.07) is 7.34. The number of hydrogen-bond donors (Lipinski definition) is 1. The maximum Gasteiger partial charge on any atom is 0.275 e. The topological polar surface area (TPSA) is 113 Å². The number of fused-ring (bicyclic) bond motifs is 1. The molecule has 0 saturated carbocycles. The van der Waals surface area contributed by atoms with Gasteiger partial charge >= 0.3 is 0 Å². The van der Waals surface area contributed by atoms with Crippen molar-refractivity contribution in [2.45, 2.75) is 32.1 Å². The van der Waals surface area contributed by atoms with Crippen LogP contribution in [0.3, 0.4) is 0 Å². The second-order valence-electron chi connectivity index (χ2n) is 8.79. The summed E-state index contributed by atoms with van der Waals surface area (Å²) < 4.78 is 12.5. The minimum Gasteiger partial charge on any atom is -0.619 e. The zero-order valence-electron chi connectivity index (χ0n) is 18.6. The lowest BCUT2D eigenvalue weighted by Gasteiger charge is -2.44. The molecular weight excluding hydrogens is 440 g/mol. The van der Waals surface area contributed by atoms with Crippen LogP contribution in [0.4, 0.5) is 0 Å². The van der Waals surface area contributed by atoms with Crippen molar-refractivity contribution in [1.82, 2.24) is 25.7 Å². The minimum absolute atomic E-state index is 0.170. The Balaban J connectivity index is 1.34. The van der Waals surface area contributed by atoms with Crippen LogP contribution >= 0.6 is 11.3 Å². The highest BCUT2D eigenvalue weighted by Crippen LogP contribution is 2.44. The van der Waals surface area contributed by atoms with E-state index in [-0.39, 0.29) is 5.41 Å². The fourth-order valence-electron chi connectivity index (χ4n) is 4.87. The van der Waals surface area contributed by atoms with Gasteiger partial charge < -0.3 is 19.8 Å². The summed E-state index contributed by atoms with van der Waals surface area (Å²) in [5.74, 6) is 1.70. The van der Waals surface area contributed by atoms with Crippen molar-refractivity contribution in [2.24, 2.45) is 11.8 Å². The summed E-state index contributed by atoms with van der Waals surface area (Å²) in [6.45, 7) is 6.86. The number of nitrogens with one attached hydrogen (secondary N) is 1. The Morgan fingerprint density at radius 1 is 1.27 bits per heavy atom. The van der Waals surface area contributed by atoms with E-state index in [4.69, 9.17) is 14.2 Å². The standard InChI is InChI=1S/C23H26N6O3S/c1-15(2)17-13-24-9-7-23(17,20-14-25-28-32-20)8-12-31-22-27-19-4-3-18(26-21(19)33-22)16-5-10-29(30)11-6-16/h3-6,10-11,14-15,17,24H,7-9,12-13H2,1-2H3. The highest BCUT2D eigenvalue weighted by Gasteiger charge is 2.46. The predicted octanol–water partition coefficient (Wildman–Crippen LogP) is 3.35. The zero-order valence-corrected chi connectivity index (χ0v) is 19.4. The summed E-state index contributed by atoms with van der Waals surface area (Å²) in [4.78, 5) is 10.1. The van der Waals surface area contributed by atoms with Crippen LogP contribution in [-0.4, -0.2) is 40.0 Å². The maximum absolute atomic E-state index is 11.3. The first kappa shape index (κ1) is 21.7. The van der Waals surface area contributed by atoms with Gasteiger partial charge in [-0.15, -0.1) is 5.10 Å². The van der Waals surface area contributed by atoms with Crippen molar-refractivity contribution in [3.05, 3.63) is 53.8 Å². The Labute approximate surface area is 195 Å². The number of pyridine rings is 2. The Kier molecular flexibility index (Phi) is 5.94. The van der Waals surface area contributed by atoms with Crippen LogP contribution in [0.25, 0.3) is 21.6 Å². The molecule has 172 valence electrons. The molecule has 1 fully saturated rings. The lowest BCUT2D eigenvalue weighted by atomic mass is 9.63. The molecule has 1 aliphatic rings. The summed E-state index contributed by atoms with van der Waals surface area (Å²) >= 11 is 1.43. The van der Waals surface area contributed by atoms with Crippen LogP contribution < -0.4 is 14.8 Å². The number of nitrogens with zero attached hydrogens (tertiary/aromatic N) is 5. The fourth-order valence-corrected chi connectivity index (χ4v) is 5.69. The highest BCUT2D eigenvalue weighted by atomic mass is 32.1. The van der Waals surface area contributed by atoms with Crippen LogP contribution in [-0.2, 0) is 5.41 Å². The Morgan fingerprint density at radius 3 is 2.88 bits per heavy atom. The molecule has 2 atom stereocenters. The third-order valence-corrected chi connectivity index (χ3v) is 7.46. The third-order valence-electron chi connectivity index (χ3n) is 6.59. The van der Waals surface area contributed by atoms with E-state index in [1.165, 1.54) is 23.7 Å². The molecule has 0 spiro atoms. The van der Waals surface area contributed by atoms with E-state index >= 15 is 0 Å². The van der Waals surface area contributed by atoms with Crippen LogP contribution in [0, 0.1) is 17.0 Å². The van der Waals surface area contributed by atoms with E-state index in [1.54, 1.807) is 18.3 Å². The molecule has 10 heteroatoms.